The van der Waals surface area contributed by atoms with E-state index in [4.69, 9.17) is 5.11 Å². The van der Waals surface area contributed by atoms with Crippen molar-refractivity contribution in [3.63, 3.8) is 0 Å². The molecule has 5 nitrogen and oxygen atoms in total. The number of fused-ring (bicyclic) bond motifs is 1. The Morgan fingerprint density at radius 1 is 1.10 bits per heavy atom. The molecular weight excluding hydrogens is 336 g/mol. The number of anilines is 1. The Hall–Kier alpha value is -2.08. The van der Waals surface area contributed by atoms with Gasteiger partial charge in [0.15, 0.2) is 0 Å². The largest absolute Gasteiger partial charge is 0.480 e. The minimum atomic E-state index is -1.33. The van der Waals surface area contributed by atoms with Crippen molar-refractivity contribution in [2.75, 3.05) is 5.32 Å². The number of carbonyl (C=O) groups is 2. The van der Waals surface area contributed by atoms with Crippen molar-refractivity contribution in [1.29, 1.82) is 0 Å². The first-order valence-electron chi connectivity index (χ1n) is 6.30. The molecule has 0 heterocycles. The van der Waals surface area contributed by atoms with E-state index in [0.717, 1.165) is 15.2 Å². The minimum absolute atomic E-state index is 0.557. The lowest BCUT2D eigenvalue weighted by Crippen LogP contribution is -2.51. The summed E-state index contributed by atoms with van der Waals surface area (Å²) in [5.41, 5.74) is -0.727. The van der Waals surface area contributed by atoms with E-state index < -0.39 is 17.5 Å². The quantitative estimate of drug-likeness (QED) is 0.791. The molecule has 2 rings (SSSR count). The van der Waals surface area contributed by atoms with Crippen molar-refractivity contribution in [3.8, 4) is 0 Å². The van der Waals surface area contributed by atoms with E-state index in [0.29, 0.717) is 5.69 Å². The molecule has 0 fully saturated rings. The number of amides is 2. The lowest BCUT2D eigenvalue weighted by molar-refractivity contribution is -0.142. The molecule has 0 spiro atoms. The number of aliphatic carboxylic acids is 1. The van der Waals surface area contributed by atoms with Crippen LogP contribution in [0.3, 0.4) is 0 Å². The Morgan fingerprint density at radius 3 is 2.38 bits per heavy atom. The van der Waals surface area contributed by atoms with Crippen LogP contribution in [0.2, 0.25) is 0 Å². The Morgan fingerprint density at radius 2 is 1.71 bits per heavy atom. The molecule has 0 unspecified atom stereocenters. The molecule has 0 bridgehead atoms. The van der Waals surface area contributed by atoms with Crippen LogP contribution in [0.1, 0.15) is 13.8 Å². The summed E-state index contributed by atoms with van der Waals surface area (Å²) >= 11 is 3.40. The van der Waals surface area contributed by atoms with Gasteiger partial charge in [0, 0.05) is 10.2 Å². The van der Waals surface area contributed by atoms with Crippen molar-refractivity contribution >= 4 is 44.4 Å². The summed E-state index contributed by atoms with van der Waals surface area (Å²) in [7, 11) is 0. The molecule has 0 atom stereocenters. The van der Waals surface area contributed by atoms with E-state index in [2.05, 4.69) is 26.6 Å². The zero-order valence-electron chi connectivity index (χ0n) is 11.6. The summed E-state index contributed by atoms with van der Waals surface area (Å²) < 4.78 is 0.983. The van der Waals surface area contributed by atoms with Crippen LogP contribution < -0.4 is 10.6 Å². The maximum absolute atomic E-state index is 11.8. The molecule has 0 radical (unpaired) electrons. The fourth-order valence-corrected chi connectivity index (χ4v) is 2.17. The van der Waals surface area contributed by atoms with Crippen molar-refractivity contribution in [2.45, 2.75) is 19.4 Å². The van der Waals surface area contributed by atoms with Gasteiger partial charge in [-0.05, 0) is 48.9 Å². The average Bonchev–Trinajstić information content (AvgIpc) is 2.38. The zero-order valence-corrected chi connectivity index (χ0v) is 13.2. The number of urea groups is 1. The number of carboxylic acids is 1. The van der Waals surface area contributed by atoms with E-state index in [9.17, 15) is 9.59 Å². The molecule has 0 saturated carbocycles. The van der Waals surface area contributed by atoms with Gasteiger partial charge in [-0.2, -0.15) is 0 Å². The highest BCUT2D eigenvalue weighted by molar-refractivity contribution is 9.10. The van der Waals surface area contributed by atoms with Gasteiger partial charge in [-0.1, -0.05) is 28.1 Å². The number of hydrogen-bond acceptors (Lipinski definition) is 2. The van der Waals surface area contributed by atoms with Crippen molar-refractivity contribution in [1.82, 2.24) is 5.32 Å². The molecule has 0 aliphatic rings. The SMILES string of the molecule is CC(C)(NC(=O)Nc1ccc2cc(Br)ccc2c1)C(=O)O. The molecule has 0 aliphatic carbocycles. The normalized spacial score (nSPS) is 11.2. The van der Waals surface area contributed by atoms with E-state index in [1.807, 2.05) is 30.3 Å². The Kier molecular flexibility index (Phi) is 4.18. The lowest BCUT2D eigenvalue weighted by Gasteiger charge is -2.21. The monoisotopic (exact) mass is 350 g/mol. The second-order valence-corrected chi connectivity index (χ2v) is 6.13. The Balaban J connectivity index is 2.15. The fraction of sp³-hybridized carbons (Fsp3) is 0.200. The van der Waals surface area contributed by atoms with Crippen LogP contribution in [0.4, 0.5) is 10.5 Å². The summed E-state index contributed by atoms with van der Waals surface area (Å²) in [6.07, 6.45) is 0. The van der Waals surface area contributed by atoms with Gasteiger partial charge in [0.2, 0.25) is 0 Å². The maximum Gasteiger partial charge on any atom is 0.328 e. The first kappa shape index (κ1) is 15.3. The molecule has 6 heteroatoms. The Labute approximate surface area is 130 Å². The number of nitrogens with one attached hydrogen (secondary N) is 2. The third-order valence-electron chi connectivity index (χ3n) is 3.02. The molecule has 21 heavy (non-hydrogen) atoms. The van der Waals surface area contributed by atoms with Crippen molar-refractivity contribution in [2.24, 2.45) is 0 Å². The molecule has 2 aromatic carbocycles. The summed E-state index contributed by atoms with van der Waals surface area (Å²) in [6.45, 7) is 2.85. The molecule has 0 saturated heterocycles. The summed E-state index contributed by atoms with van der Waals surface area (Å²) in [6, 6.07) is 10.8. The standard InChI is InChI=1S/C15H15BrN2O3/c1-15(2,13(19)20)18-14(21)17-12-6-4-9-7-11(16)5-3-10(9)8-12/h3-8H,1-2H3,(H,19,20)(H2,17,18,21). The van der Waals surface area contributed by atoms with Crippen LogP contribution in [0, 0.1) is 0 Å². The number of carbonyl (C=O) groups excluding carboxylic acids is 1. The second-order valence-electron chi connectivity index (χ2n) is 5.22. The van der Waals surface area contributed by atoms with Crippen LogP contribution in [0.25, 0.3) is 10.8 Å². The summed E-state index contributed by atoms with van der Waals surface area (Å²) in [5, 5.41) is 16.0. The summed E-state index contributed by atoms with van der Waals surface area (Å²) in [5.74, 6) is -1.10. The van der Waals surface area contributed by atoms with Crippen LogP contribution in [-0.4, -0.2) is 22.6 Å². The van der Waals surface area contributed by atoms with E-state index in [1.165, 1.54) is 13.8 Å². The minimum Gasteiger partial charge on any atom is -0.480 e. The first-order chi connectivity index (χ1) is 9.78. The van der Waals surface area contributed by atoms with Gasteiger partial charge in [-0.15, -0.1) is 0 Å². The smallest absolute Gasteiger partial charge is 0.328 e. The predicted molar refractivity (Wildman–Crippen MR) is 85.5 cm³/mol. The number of carboxylic acid groups (broad SMARTS) is 1. The molecule has 3 N–H and O–H groups in total. The number of benzene rings is 2. The maximum atomic E-state index is 11.8. The van der Waals surface area contributed by atoms with Gasteiger partial charge >= 0.3 is 12.0 Å². The van der Waals surface area contributed by atoms with E-state index >= 15 is 0 Å². The molecule has 110 valence electrons. The topological polar surface area (TPSA) is 78.4 Å². The number of halogens is 1. The molecule has 0 aliphatic heterocycles. The third kappa shape index (κ3) is 3.72. The molecule has 2 amide bonds. The van der Waals surface area contributed by atoms with Crippen LogP contribution >= 0.6 is 15.9 Å². The lowest BCUT2D eigenvalue weighted by atomic mass is 10.1. The van der Waals surface area contributed by atoms with Gasteiger partial charge in [0.1, 0.15) is 5.54 Å². The van der Waals surface area contributed by atoms with Crippen molar-refractivity contribution in [3.05, 3.63) is 40.9 Å². The van der Waals surface area contributed by atoms with Gasteiger partial charge in [0.05, 0.1) is 0 Å². The predicted octanol–water partition coefficient (Wildman–Crippen LogP) is 3.59. The average molecular weight is 351 g/mol. The van der Waals surface area contributed by atoms with Gasteiger partial charge < -0.3 is 15.7 Å². The van der Waals surface area contributed by atoms with Crippen LogP contribution in [0.5, 0.6) is 0 Å². The second kappa shape index (κ2) is 5.73. The Bertz CT molecular complexity index is 713. The van der Waals surface area contributed by atoms with Crippen LogP contribution in [-0.2, 0) is 4.79 Å². The highest BCUT2D eigenvalue weighted by atomic mass is 79.9. The molecule has 2 aromatic rings. The van der Waals surface area contributed by atoms with Gasteiger partial charge in [0.25, 0.3) is 0 Å². The van der Waals surface area contributed by atoms with Crippen molar-refractivity contribution < 1.29 is 14.7 Å². The van der Waals surface area contributed by atoms with Gasteiger partial charge in [-0.25, -0.2) is 9.59 Å². The third-order valence-corrected chi connectivity index (χ3v) is 3.51. The van der Waals surface area contributed by atoms with Crippen LogP contribution in [0.15, 0.2) is 40.9 Å². The van der Waals surface area contributed by atoms with E-state index in [1.54, 1.807) is 6.07 Å². The van der Waals surface area contributed by atoms with Gasteiger partial charge in [-0.3, -0.25) is 0 Å². The zero-order chi connectivity index (χ0) is 15.6. The highest BCUT2D eigenvalue weighted by Crippen LogP contribution is 2.23. The van der Waals surface area contributed by atoms with E-state index in [-0.39, 0.29) is 0 Å². The first-order valence-corrected chi connectivity index (χ1v) is 7.09. The molecular formula is C15H15BrN2O3. The number of hydrogen-bond donors (Lipinski definition) is 3. The number of rotatable bonds is 3. The fourth-order valence-electron chi connectivity index (χ4n) is 1.79. The molecule has 0 aromatic heterocycles. The summed E-state index contributed by atoms with van der Waals surface area (Å²) in [4.78, 5) is 22.8. The highest BCUT2D eigenvalue weighted by Gasteiger charge is 2.28.